The second-order valence-electron chi connectivity index (χ2n) is 20.4. The Bertz CT molecular complexity index is 2710. The van der Waals surface area contributed by atoms with Crippen molar-refractivity contribution in [3.05, 3.63) is 156 Å². The summed E-state index contributed by atoms with van der Waals surface area (Å²) in [6.45, 7) is 4.88. The molecule has 0 N–H and O–H groups in total. The number of hydrogen-bond donors (Lipinski definition) is 0. The van der Waals surface area contributed by atoms with E-state index >= 15 is 0 Å². The van der Waals surface area contributed by atoms with Crippen LogP contribution in [0.4, 0.5) is 17.1 Å². The number of para-hydroxylation sites is 2. The highest BCUT2D eigenvalue weighted by atomic mass is 15.1. The van der Waals surface area contributed by atoms with Crippen LogP contribution in [0.3, 0.4) is 0 Å². The third kappa shape index (κ3) is 4.84. The summed E-state index contributed by atoms with van der Waals surface area (Å²) in [5.41, 5.74) is 16.5. The van der Waals surface area contributed by atoms with Crippen molar-refractivity contribution in [2.24, 2.45) is 29.6 Å². The van der Waals surface area contributed by atoms with Crippen LogP contribution < -0.4 is 4.90 Å². The molecule has 14 rings (SSSR count). The third-order valence-electron chi connectivity index (χ3n) is 16.8. The van der Waals surface area contributed by atoms with Gasteiger partial charge in [0.15, 0.2) is 0 Å². The standard InChI is InChI=1S/C56H54N2/c1-55(2)50-25-24-47-46-10-6-7-11-52(46)58(42-8-4-3-5-9-42)54(47)53(50)48-23-22-45(31-51(48)55)57(43-18-14-39(15-19-43)49-30-35-12-13-40(49)29-35)44-20-16-41(17-21-44)56-32-36-26-37(33-56)28-38(27-36)34-56/h3-11,14-25,31,35-38,40,49H,12-13,26-30,32-34H2,1-2H3. The molecule has 7 aliphatic rings. The highest BCUT2D eigenvalue weighted by Gasteiger charge is 2.51. The fraction of sp³-hybridized carbons (Fsp3) is 0.357. The van der Waals surface area contributed by atoms with Crippen LogP contribution in [0.1, 0.15) is 106 Å². The fourth-order valence-electron chi connectivity index (χ4n) is 14.6. The van der Waals surface area contributed by atoms with Crippen LogP contribution in [0.25, 0.3) is 38.6 Å². The molecule has 0 aliphatic heterocycles. The number of fused-ring (bicyclic) bond motifs is 9. The molecule has 2 nitrogen and oxygen atoms in total. The predicted octanol–water partition coefficient (Wildman–Crippen LogP) is 14.9. The summed E-state index contributed by atoms with van der Waals surface area (Å²) in [4.78, 5) is 2.56. The molecule has 3 unspecified atom stereocenters. The maximum atomic E-state index is 2.56. The van der Waals surface area contributed by atoms with Gasteiger partial charge in [-0.2, -0.15) is 0 Å². The first-order valence-electron chi connectivity index (χ1n) is 22.7. The largest absolute Gasteiger partial charge is 0.310 e. The van der Waals surface area contributed by atoms with Crippen molar-refractivity contribution in [3.8, 4) is 16.8 Å². The van der Waals surface area contributed by atoms with E-state index in [1.165, 1.54) is 131 Å². The van der Waals surface area contributed by atoms with E-state index in [1.54, 1.807) is 11.1 Å². The molecule has 3 atom stereocenters. The summed E-state index contributed by atoms with van der Waals surface area (Å²) in [6.07, 6.45) is 14.4. The van der Waals surface area contributed by atoms with Crippen LogP contribution >= 0.6 is 0 Å². The van der Waals surface area contributed by atoms with Crippen LogP contribution in [-0.2, 0) is 10.8 Å². The van der Waals surface area contributed by atoms with Crippen molar-refractivity contribution in [1.82, 2.24) is 4.57 Å². The van der Waals surface area contributed by atoms with Crippen molar-refractivity contribution < 1.29 is 0 Å². The molecule has 288 valence electrons. The highest BCUT2D eigenvalue weighted by Crippen LogP contribution is 2.61. The van der Waals surface area contributed by atoms with Gasteiger partial charge in [-0.15, -0.1) is 0 Å². The molecule has 6 aromatic carbocycles. The van der Waals surface area contributed by atoms with Gasteiger partial charge in [-0.05, 0) is 181 Å². The minimum Gasteiger partial charge on any atom is -0.310 e. The van der Waals surface area contributed by atoms with E-state index in [2.05, 4.69) is 157 Å². The minimum atomic E-state index is -0.160. The summed E-state index contributed by atoms with van der Waals surface area (Å²) in [5.74, 6) is 5.42. The number of aromatic nitrogens is 1. The van der Waals surface area contributed by atoms with Crippen molar-refractivity contribution in [3.63, 3.8) is 0 Å². The van der Waals surface area contributed by atoms with Crippen molar-refractivity contribution in [1.29, 1.82) is 0 Å². The number of anilines is 3. The topological polar surface area (TPSA) is 8.17 Å². The Hall–Kier alpha value is -5.08. The maximum absolute atomic E-state index is 2.56. The first-order chi connectivity index (χ1) is 28.4. The monoisotopic (exact) mass is 754 g/mol. The molecule has 0 radical (unpaired) electrons. The lowest BCUT2D eigenvalue weighted by molar-refractivity contribution is -0.00518. The van der Waals surface area contributed by atoms with Gasteiger partial charge >= 0.3 is 0 Å². The molecule has 58 heavy (non-hydrogen) atoms. The smallest absolute Gasteiger partial charge is 0.0622 e. The Labute approximate surface area is 343 Å². The molecule has 6 fully saturated rings. The molecular formula is C56H54N2. The molecule has 7 aromatic rings. The molecule has 0 spiro atoms. The summed E-state index contributed by atoms with van der Waals surface area (Å²) in [7, 11) is 0. The average molecular weight is 755 g/mol. The zero-order chi connectivity index (χ0) is 38.3. The zero-order valence-electron chi connectivity index (χ0n) is 34.1. The lowest BCUT2D eigenvalue weighted by Crippen LogP contribution is -2.48. The first-order valence-corrected chi connectivity index (χ1v) is 22.7. The van der Waals surface area contributed by atoms with Crippen LogP contribution in [0.2, 0.25) is 0 Å². The van der Waals surface area contributed by atoms with Gasteiger partial charge < -0.3 is 9.47 Å². The van der Waals surface area contributed by atoms with Crippen LogP contribution in [0, 0.1) is 29.6 Å². The van der Waals surface area contributed by atoms with E-state index in [1.807, 2.05) is 0 Å². The van der Waals surface area contributed by atoms with Gasteiger partial charge in [0.25, 0.3) is 0 Å². The Balaban J connectivity index is 0.951. The van der Waals surface area contributed by atoms with Gasteiger partial charge in [-0.25, -0.2) is 0 Å². The lowest BCUT2D eigenvalue weighted by atomic mass is 9.48. The van der Waals surface area contributed by atoms with Gasteiger partial charge in [-0.1, -0.05) is 99.1 Å². The van der Waals surface area contributed by atoms with E-state index in [0.717, 1.165) is 35.5 Å². The van der Waals surface area contributed by atoms with Gasteiger partial charge in [-0.3, -0.25) is 0 Å². The van der Waals surface area contributed by atoms with Gasteiger partial charge in [0.1, 0.15) is 0 Å². The van der Waals surface area contributed by atoms with E-state index in [9.17, 15) is 0 Å². The second kappa shape index (κ2) is 12.2. The summed E-state index contributed by atoms with van der Waals surface area (Å²) < 4.78 is 2.51. The van der Waals surface area contributed by atoms with Gasteiger partial charge in [0.05, 0.1) is 11.0 Å². The Morgan fingerprint density at radius 1 is 0.552 bits per heavy atom. The van der Waals surface area contributed by atoms with E-state index in [4.69, 9.17) is 0 Å². The lowest BCUT2D eigenvalue weighted by Gasteiger charge is -2.57. The predicted molar refractivity (Wildman–Crippen MR) is 241 cm³/mol. The van der Waals surface area contributed by atoms with Crippen molar-refractivity contribution >= 4 is 38.9 Å². The number of hydrogen-bond acceptors (Lipinski definition) is 1. The van der Waals surface area contributed by atoms with Gasteiger partial charge in [0.2, 0.25) is 0 Å². The fourth-order valence-corrected chi connectivity index (χ4v) is 14.6. The molecule has 6 bridgehead atoms. The van der Waals surface area contributed by atoms with Gasteiger partial charge in [0, 0.05) is 44.5 Å². The highest BCUT2D eigenvalue weighted by molar-refractivity contribution is 6.15. The Kier molecular flexibility index (Phi) is 7.14. The molecule has 1 aromatic heterocycles. The molecule has 0 amide bonds. The van der Waals surface area contributed by atoms with Crippen LogP contribution in [0.5, 0.6) is 0 Å². The van der Waals surface area contributed by atoms with E-state index in [-0.39, 0.29) is 5.41 Å². The number of rotatable bonds is 6. The first kappa shape index (κ1) is 33.8. The second-order valence-corrected chi connectivity index (χ2v) is 20.4. The van der Waals surface area contributed by atoms with Crippen LogP contribution in [0.15, 0.2) is 133 Å². The molecule has 2 heteroatoms. The average Bonchev–Trinajstić information content (AvgIpc) is 4.02. The summed E-state index contributed by atoms with van der Waals surface area (Å²) in [6, 6.07) is 51.9. The quantitative estimate of drug-likeness (QED) is 0.164. The normalized spacial score (nSPS) is 28.4. The molecule has 1 heterocycles. The molecule has 6 saturated carbocycles. The summed E-state index contributed by atoms with van der Waals surface area (Å²) in [5, 5.41) is 2.63. The Morgan fingerprint density at radius 2 is 1.22 bits per heavy atom. The maximum Gasteiger partial charge on any atom is 0.0622 e. The SMILES string of the molecule is CC1(C)c2cc(N(c3ccc(C4CC5CCC4C5)cc3)c3ccc(C45CC6CC(CC(C6)C4)C5)cc3)ccc2-c2c1ccc1c3ccccc3n(-c3ccccc3)c21. The molecule has 0 saturated heterocycles. The molecular weight excluding hydrogens is 701 g/mol. The third-order valence-corrected chi connectivity index (χ3v) is 16.8. The van der Waals surface area contributed by atoms with E-state index < -0.39 is 0 Å². The van der Waals surface area contributed by atoms with Crippen LogP contribution in [-0.4, -0.2) is 4.57 Å². The van der Waals surface area contributed by atoms with E-state index in [0.29, 0.717) is 5.41 Å². The minimum absolute atomic E-state index is 0.160. The number of benzene rings is 6. The van der Waals surface area contributed by atoms with Crippen molar-refractivity contribution in [2.75, 3.05) is 4.90 Å². The zero-order valence-corrected chi connectivity index (χ0v) is 34.1. The summed E-state index contributed by atoms with van der Waals surface area (Å²) >= 11 is 0. The molecule has 7 aliphatic carbocycles. The van der Waals surface area contributed by atoms with Crippen molar-refractivity contribution in [2.45, 2.75) is 94.8 Å². The Morgan fingerprint density at radius 3 is 1.91 bits per heavy atom. The number of nitrogens with zero attached hydrogens (tertiary/aromatic N) is 2.